The fourth-order valence-corrected chi connectivity index (χ4v) is 3.63. The molecule has 114 valence electrons. The second-order valence-electron chi connectivity index (χ2n) is 5.10. The van der Waals surface area contributed by atoms with Crippen molar-refractivity contribution in [3.63, 3.8) is 0 Å². The third kappa shape index (κ3) is 3.95. The van der Waals surface area contributed by atoms with Crippen LogP contribution >= 0.6 is 11.6 Å². The summed E-state index contributed by atoms with van der Waals surface area (Å²) in [6.45, 7) is 5.78. The van der Waals surface area contributed by atoms with Gasteiger partial charge in [0.1, 0.15) is 0 Å². The van der Waals surface area contributed by atoms with Crippen LogP contribution in [0.1, 0.15) is 32.3 Å². The third-order valence-electron chi connectivity index (χ3n) is 3.90. The van der Waals surface area contributed by atoms with Crippen molar-refractivity contribution in [3.05, 3.63) is 28.8 Å². The number of benzene rings is 1. The quantitative estimate of drug-likeness (QED) is 0.812. The first-order chi connectivity index (χ1) is 9.30. The molecule has 0 heterocycles. The van der Waals surface area contributed by atoms with E-state index >= 15 is 0 Å². The van der Waals surface area contributed by atoms with Crippen molar-refractivity contribution in [2.45, 2.75) is 38.5 Å². The zero-order chi connectivity index (χ0) is 15.4. The minimum Gasteiger partial charge on any atom is -0.396 e. The van der Waals surface area contributed by atoms with Gasteiger partial charge in [0, 0.05) is 23.6 Å². The van der Waals surface area contributed by atoms with Crippen LogP contribution in [-0.2, 0) is 10.0 Å². The summed E-state index contributed by atoms with van der Waals surface area (Å²) in [5, 5.41) is 9.99. The molecule has 0 amide bonds. The number of nitrogens with one attached hydrogen (secondary N) is 1. The molecule has 0 aliphatic rings. The van der Waals surface area contributed by atoms with Gasteiger partial charge in [-0.05, 0) is 43.5 Å². The Morgan fingerprint density at radius 3 is 2.35 bits per heavy atom. The van der Waals surface area contributed by atoms with E-state index in [1.54, 1.807) is 19.1 Å². The average molecular weight is 320 g/mol. The summed E-state index contributed by atoms with van der Waals surface area (Å²) in [5.74, 6) is 0. The Hall–Kier alpha value is -0.620. The van der Waals surface area contributed by atoms with Gasteiger partial charge in [-0.1, -0.05) is 25.4 Å². The Morgan fingerprint density at radius 1 is 1.30 bits per heavy atom. The Kier molecular flexibility index (Phi) is 6.01. The lowest BCUT2D eigenvalue weighted by Crippen LogP contribution is -2.39. The molecule has 2 N–H and O–H groups in total. The first-order valence-electron chi connectivity index (χ1n) is 6.67. The summed E-state index contributed by atoms with van der Waals surface area (Å²) in [6.07, 6.45) is 1.42. The maximum Gasteiger partial charge on any atom is 0.240 e. The van der Waals surface area contributed by atoms with Crippen LogP contribution in [-0.4, -0.2) is 26.7 Å². The van der Waals surface area contributed by atoms with Crippen molar-refractivity contribution in [1.29, 1.82) is 0 Å². The second kappa shape index (κ2) is 6.89. The molecule has 0 radical (unpaired) electrons. The van der Waals surface area contributed by atoms with Crippen LogP contribution in [0.25, 0.3) is 0 Å². The highest BCUT2D eigenvalue weighted by Gasteiger charge is 2.28. The highest BCUT2D eigenvalue weighted by molar-refractivity contribution is 7.89. The summed E-state index contributed by atoms with van der Waals surface area (Å²) >= 11 is 5.84. The Bertz CT molecular complexity index is 545. The fraction of sp³-hybridized carbons (Fsp3) is 0.571. The molecule has 0 saturated heterocycles. The number of aliphatic hydroxyl groups is 1. The van der Waals surface area contributed by atoms with Crippen molar-refractivity contribution >= 4 is 21.6 Å². The fourth-order valence-electron chi connectivity index (χ4n) is 2.02. The van der Waals surface area contributed by atoms with Gasteiger partial charge in [-0.15, -0.1) is 0 Å². The Morgan fingerprint density at radius 2 is 1.90 bits per heavy atom. The zero-order valence-corrected chi connectivity index (χ0v) is 13.7. The Balaban J connectivity index is 2.96. The lowest BCUT2D eigenvalue weighted by molar-refractivity contribution is 0.119. The van der Waals surface area contributed by atoms with Crippen molar-refractivity contribution in [3.8, 4) is 0 Å². The van der Waals surface area contributed by atoms with E-state index in [9.17, 15) is 13.5 Å². The predicted molar refractivity (Wildman–Crippen MR) is 81.5 cm³/mol. The molecule has 4 nitrogen and oxygen atoms in total. The summed E-state index contributed by atoms with van der Waals surface area (Å²) in [6, 6.07) is 4.68. The molecule has 0 atom stereocenters. The molecule has 20 heavy (non-hydrogen) atoms. The maximum absolute atomic E-state index is 12.3. The van der Waals surface area contributed by atoms with E-state index in [0.717, 1.165) is 0 Å². The van der Waals surface area contributed by atoms with Gasteiger partial charge in [-0.3, -0.25) is 0 Å². The van der Waals surface area contributed by atoms with Gasteiger partial charge < -0.3 is 5.11 Å². The standard InChI is InChI=1S/C14H22ClNO3S/c1-4-14(5-2,10-17)9-16-20(18,19)13-7-6-12(15)8-11(13)3/h6-8,16-17H,4-5,9-10H2,1-3H3. The van der Waals surface area contributed by atoms with Crippen LogP contribution in [0, 0.1) is 12.3 Å². The molecular formula is C14H22ClNO3S. The number of hydrogen-bond acceptors (Lipinski definition) is 3. The number of rotatable bonds is 7. The summed E-state index contributed by atoms with van der Waals surface area (Å²) in [7, 11) is -3.59. The van der Waals surface area contributed by atoms with Gasteiger partial charge >= 0.3 is 0 Å². The molecule has 1 aromatic carbocycles. The van der Waals surface area contributed by atoms with Crippen molar-refractivity contribution in [2.75, 3.05) is 13.2 Å². The Labute approximate surface area is 126 Å². The summed E-state index contributed by atoms with van der Waals surface area (Å²) in [4.78, 5) is 0.223. The highest BCUT2D eigenvalue weighted by atomic mass is 35.5. The zero-order valence-electron chi connectivity index (χ0n) is 12.1. The van der Waals surface area contributed by atoms with E-state index in [1.807, 2.05) is 13.8 Å². The molecule has 0 saturated carbocycles. The predicted octanol–water partition coefficient (Wildman–Crippen LogP) is 2.73. The van der Waals surface area contributed by atoms with Gasteiger partial charge in [0.25, 0.3) is 0 Å². The molecule has 0 aromatic heterocycles. The molecule has 0 aliphatic carbocycles. The monoisotopic (exact) mass is 319 g/mol. The van der Waals surface area contributed by atoms with Gasteiger partial charge in [-0.25, -0.2) is 13.1 Å². The minimum atomic E-state index is -3.59. The minimum absolute atomic E-state index is 0.0396. The molecule has 1 rings (SSSR count). The molecule has 0 fully saturated rings. The molecule has 1 aromatic rings. The van der Waals surface area contributed by atoms with Crippen molar-refractivity contribution in [2.24, 2.45) is 5.41 Å². The van der Waals surface area contributed by atoms with Crippen molar-refractivity contribution < 1.29 is 13.5 Å². The van der Waals surface area contributed by atoms with E-state index in [4.69, 9.17) is 11.6 Å². The summed E-state index contributed by atoms with van der Waals surface area (Å²) < 4.78 is 27.2. The SMILES string of the molecule is CCC(CC)(CO)CNS(=O)(=O)c1ccc(Cl)cc1C. The van der Waals surface area contributed by atoms with Crippen LogP contribution in [0.15, 0.2) is 23.1 Å². The lowest BCUT2D eigenvalue weighted by Gasteiger charge is -2.29. The van der Waals surface area contributed by atoms with Gasteiger partial charge in [-0.2, -0.15) is 0 Å². The number of hydrogen-bond donors (Lipinski definition) is 2. The van der Waals surface area contributed by atoms with Gasteiger partial charge in [0.05, 0.1) is 4.90 Å². The number of aliphatic hydroxyl groups excluding tert-OH is 1. The smallest absolute Gasteiger partial charge is 0.240 e. The second-order valence-corrected chi connectivity index (χ2v) is 7.27. The van der Waals surface area contributed by atoms with Gasteiger partial charge in [0.2, 0.25) is 10.0 Å². The first-order valence-corrected chi connectivity index (χ1v) is 8.53. The lowest BCUT2D eigenvalue weighted by atomic mass is 9.84. The molecule has 0 bridgehead atoms. The average Bonchev–Trinajstić information content (AvgIpc) is 2.40. The number of aryl methyl sites for hydroxylation is 1. The van der Waals surface area contributed by atoms with Gasteiger partial charge in [0.15, 0.2) is 0 Å². The van der Waals surface area contributed by atoms with Crippen LogP contribution in [0.3, 0.4) is 0 Å². The van der Waals surface area contributed by atoms with Crippen molar-refractivity contribution in [1.82, 2.24) is 4.72 Å². The van der Waals surface area contributed by atoms with E-state index in [1.165, 1.54) is 6.07 Å². The maximum atomic E-state index is 12.3. The topological polar surface area (TPSA) is 66.4 Å². The highest BCUT2D eigenvalue weighted by Crippen LogP contribution is 2.26. The molecule has 0 unspecified atom stereocenters. The van der Waals surface area contributed by atoms with E-state index in [2.05, 4.69) is 4.72 Å². The molecule has 6 heteroatoms. The van der Waals surface area contributed by atoms with E-state index in [-0.39, 0.29) is 18.0 Å². The van der Waals surface area contributed by atoms with E-state index < -0.39 is 15.4 Å². The van der Waals surface area contributed by atoms with Crippen LogP contribution < -0.4 is 4.72 Å². The number of halogens is 1. The summed E-state index contributed by atoms with van der Waals surface area (Å²) in [5.41, 5.74) is 0.195. The van der Waals surface area contributed by atoms with Crippen LogP contribution in [0.4, 0.5) is 0 Å². The molecule has 0 aliphatic heterocycles. The molecule has 0 spiro atoms. The molecular weight excluding hydrogens is 298 g/mol. The first kappa shape index (κ1) is 17.4. The third-order valence-corrected chi connectivity index (χ3v) is 5.70. The van der Waals surface area contributed by atoms with E-state index in [0.29, 0.717) is 23.4 Å². The van der Waals surface area contributed by atoms with Crippen LogP contribution in [0.5, 0.6) is 0 Å². The van der Waals surface area contributed by atoms with Crippen LogP contribution in [0.2, 0.25) is 5.02 Å². The number of sulfonamides is 1. The largest absolute Gasteiger partial charge is 0.396 e. The normalized spacial score (nSPS) is 12.7.